The average molecular weight is 443 g/mol. The maximum atomic E-state index is 13.5. The van der Waals surface area contributed by atoms with Gasteiger partial charge in [0.15, 0.2) is 34.7 Å². The van der Waals surface area contributed by atoms with Crippen LogP contribution in [0.5, 0.6) is 5.75 Å². The Labute approximate surface area is 183 Å². The molecule has 4 rings (SSSR count). The van der Waals surface area contributed by atoms with Gasteiger partial charge < -0.3 is 26.6 Å². The number of primary amides is 1. The highest BCUT2D eigenvalue weighted by molar-refractivity contribution is 6.31. The van der Waals surface area contributed by atoms with E-state index in [1.54, 1.807) is 25.1 Å². The lowest BCUT2D eigenvalue weighted by molar-refractivity contribution is -0.175. The fourth-order valence-electron chi connectivity index (χ4n) is 5.62. The number of amides is 1. The zero-order valence-corrected chi connectivity index (χ0v) is 17.8. The van der Waals surface area contributed by atoms with Gasteiger partial charge in [0.1, 0.15) is 5.75 Å². The van der Waals surface area contributed by atoms with E-state index < -0.39 is 58.3 Å². The van der Waals surface area contributed by atoms with Crippen LogP contribution < -0.4 is 16.4 Å². The molecular formula is C22H25N3O7. The normalized spacial score (nSPS) is 31.6. The van der Waals surface area contributed by atoms with Crippen molar-refractivity contribution in [3.63, 3.8) is 0 Å². The highest BCUT2D eigenvalue weighted by Crippen LogP contribution is 2.51. The second-order valence-electron chi connectivity index (χ2n) is 9.09. The van der Waals surface area contributed by atoms with E-state index in [2.05, 4.69) is 0 Å². The first-order chi connectivity index (χ1) is 14.9. The van der Waals surface area contributed by atoms with E-state index in [0.29, 0.717) is 16.8 Å². The molecule has 1 amide bonds. The van der Waals surface area contributed by atoms with Crippen LogP contribution in [0.2, 0.25) is 0 Å². The molecule has 0 saturated heterocycles. The van der Waals surface area contributed by atoms with E-state index in [-0.39, 0.29) is 37.1 Å². The van der Waals surface area contributed by atoms with Crippen LogP contribution in [-0.2, 0) is 32.1 Å². The molecule has 0 spiro atoms. The molecule has 0 radical (unpaired) electrons. The van der Waals surface area contributed by atoms with Crippen molar-refractivity contribution in [3.8, 4) is 5.75 Å². The number of carbonyl (C=O) groups is 5. The SMILES string of the molecule is CN(C)c1cc(CN)c(O)c2c1CC1CC3CC(=O)C(C(N)=O)C(=O)[C@@]3(O)C(=O)C1C2=O. The molecule has 2 fully saturated rings. The smallest absolute Gasteiger partial charge is 0.235 e. The minimum atomic E-state index is -2.65. The number of aliphatic hydroxyl groups is 1. The maximum Gasteiger partial charge on any atom is 0.235 e. The molecular weight excluding hydrogens is 418 g/mol. The van der Waals surface area contributed by atoms with Gasteiger partial charge >= 0.3 is 0 Å². The van der Waals surface area contributed by atoms with Crippen molar-refractivity contribution < 1.29 is 34.2 Å². The van der Waals surface area contributed by atoms with Crippen molar-refractivity contribution in [1.29, 1.82) is 0 Å². The molecule has 3 aliphatic carbocycles. The third-order valence-electron chi connectivity index (χ3n) is 7.16. The minimum Gasteiger partial charge on any atom is -0.507 e. The van der Waals surface area contributed by atoms with Crippen LogP contribution in [-0.4, -0.2) is 58.9 Å². The Morgan fingerprint density at radius 3 is 2.41 bits per heavy atom. The predicted octanol–water partition coefficient (Wildman–Crippen LogP) is -1.15. The molecule has 6 N–H and O–H groups in total. The molecule has 10 heteroatoms. The Morgan fingerprint density at radius 1 is 1.19 bits per heavy atom. The van der Waals surface area contributed by atoms with Gasteiger partial charge in [0.2, 0.25) is 5.91 Å². The number of nitrogens with zero attached hydrogens (tertiary/aromatic N) is 1. The monoisotopic (exact) mass is 443 g/mol. The fraction of sp³-hybridized carbons (Fsp3) is 0.500. The molecule has 170 valence electrons. The largest absolute Gasteiger partial charge is 0.507 e. The van der Waals surface area contributed by atoms with Crippen molar-refractivity contribution in [2.75, 3.05) is 19.0 Å². The topological polar surface area (TPSA) is 181 Å². The highest BCUT2D eigenvalue weighted by Gasteiger charge is 2.66. The lowest BCUT2D eigenvalue weighted by Crippen LogP contribution is -2.68. The van der Waals surface area contributed by atoms with E-state index in [9.17, 15) is 34.2 Å². The molecule has 32 heavy (non-hydrogen) atoms. The number of hydrogen-bond acceptors (Lipinski definition) is 9. The van der Waals surface area contributed by atoms with Crippen molar-refractivity contribution in [2.45, 2.75) is 31.4 Å². The van der Waals surface area contributed by atoms with E-state index >= 15 is 0 Å². The number of phenolic OH excluding ortho intramolecular Hbond substituents is 1. The van der Waals surface area contributed by atoms with Crippen LogP contribution in [0, 0.1) is 23.7 Å². The van der Waals surface area contributed by atoms with Crippen molar-refractivity contribution in [2.24, 2.45) is 35.1 Å². The molecule has 4 unspecified atom stereocenters. The summed E-state index contributed by atoms with van der Waals surface area (Å²) in [5, 5.41) is 21.9. The summed E-state index contributed by atoms with van der Waals surface area (Å²) in [6, 6.07) is 1.69. The van der Waals surface area contributed by atoms with Crippen LogP contribution >= 0.6 is 0 Å². The molecule has 1 aromatic carbocycles. The van der Waals surface area contributed by atoms with Crippen LogP contribution in [0.3, 0.4) is 0 Å². The average Bonchev–Trinajstić information content (AvgIpc) is 2.70. The summed E-state index contributed by atoms with van der Waals surface area (Å²) in [6.45, 7) is -0.0395. The lowest BCUT2D eigenvalue weighted by atomic mass is 9.53. The summed E-state index contributed by atoms with van der Waals surface area (Å²) in [5.74, 6) is -10.2. The van der Waals surface area contributed by atoms with Gasteiger partial charge in [0.05, 0.1) is 11.5 Å². The van der Waals surface area contributed by atoms with Gasteiger partial charge in [-0.2, -0.15) is 0 Å². The van der Waals surface area contributed by atoms with E-state index in [0.717, 1.165) is 0 Å². The van der Waals surface area contributed by atoms with Crippen LogP contribution in [0.25, 0.3) is 0 Å². The summed E-state index contributed by atoms with van der Waals surface area (Å²) >= 11 is 0. The standard InChI is InChI=1S/C22H25N3O7/c1-25(2)12-5-9(7-23)17(27)15-11(12)4-8-3-10-6-13(26)16(21(24)31)20(30)22(10,32)19(29)14(8)18(15)28/h5,8,10,14,16,27,32H,3-4,6-7,23H2,1-2H3,(H2,24,31)/t8?,10?,14?,16?,22-/m0/s1. The van der Waals surface area contributed by atoms with Crippen LogP contribution in [0.4, 0.5) is 5.69 Å². The Hall–Kier alpha value is -3.11. The zero-order valence-electron chi connectivity index (χ0n) is 17.8. The number of Topliss-reactive ketones (excluding diaryl/α,β-unsaturated/α-hetero) is 4. The quantitative estimate of drug-likeness (QED) is 0.419. The van der Waals surface area contributed by atoms with E-state index in [1.807, 2.05) is 0 Å². The first-order valence-corrected chi connectivity index (χ1v) is 10.4. The number of carbonyl (C=O) groups excluding carboxylic acids is 5. The summed E-state index contributed by atoms with van der Waals surface area (Å²) < 4.78 is 0. The van der Waals surface area contributed by atoms with Gasteiger partial charge in [0, 0.05) is 44.2 Å². The fourth-order valence-corrected chi connectivity index (χ4v) is 5.62. The third-order valence-corrected chi connectivity index (χ3v) is 7.16. The molecule has 1 aromatic rings. The summed E-state index contributed by atoms with van der Waals surface area (Å²) in [4.78, 5) is 65.7. The molecule has 2 saturated carbocycles. The number of phenols is 1. The Kier molecular flexibility index (Phi) is 4.98. The van der Waals surface area contributed by atoms with Crippen LogP contribution in [0.1, 0.15) is 34.3 Å². The van der Waals surface area contributed by atoms with Gasteiger partial charge in [-0.3, -0.25) is 24.0 Å². The van der Waals surface area contributed by atoms with Crippen LogP contribution in [0.15, 0.2) is 6.07 Å². The predicted molar refractivity (Wildman–Crippen MR) is 111 cm³/mol. The number of nitrogens with two attached hydrogens (primary N) is 2. The maximum absolute atomic E-state index is 13.5. The van der Waals surface area contributed by atoms with Crippen molar-refractivity contribution >= 4 is 34.7 Å². The Morgan fingerprint density at radius 2 is 1.84 bits per heavy atom. The first-order valence-electron chi connectivity index (χ1n) is 10.4. The van der Waals surface area contributed by atoms with Gasteiger partial charge in [-0.1, -0.05) is 0 Å². The highest BCUT2D eigenvalue weighted by atomic mass is 16.3. The molecule has 0 aromatic heterocycles. The number of fused-ring (bicyclic) bond motifs is 3. The number of hydrogen-bond donors (Lipinski definition) is 4. The molecule has 0 heterocycles. The minimum absolute atomic E-state index is 0.0395. The molecule has 10 nitrogen and oxygen atoms in total. The lowest BCUT2D eigenvalue weighted by Gasteiger charge is -2.48. The Bertz CT molecular complexity index is 1100. The van der Waals surface area contributed by atoms with Gasteiger partial charge in [-0.25, -0.2) is 0 Å². The van der Waals surface area contributed by atoms with Crippen molar-refractivity contribution in [3.05, 3.63) is 22.8 Å². The summed E-state index contributed by atoms with van der Waals surface area (Å²) in [7, 11) is 3.55. The molecule has 0 aliphatic heterocycles. The number of anilines is 1. The number of benzene rings is 1. The second kappa shape index (κ2) is 7.21. The third kappa shape index (κ3) is 2.75. The van der Waals surface area contributed by atoms with Gasteiger partial charge in [-0.15, -0.1) is 0 Å². The van der Waals surface area contributed by atoms with E-state index in [4.69, 9.17) is 11.5 Å². The number of rotatable bonds is 3. The van der Waals surface area contributed by atoms with Gasteiger partial charge in [0.25, 0.3) is 0 Å². The molecule has 5 atom stereocenters. The van der Waals surface area contributed by atoms with Gasteiger partial charge in [-0.05, 0) is 30.4 Å². The van der Waals surface area contributed by atoms with E-state index in [1.165, 1.54) is 0 Å². The molecule has 3 aliphatic rings. The Balaban J connectivity index is 1.86. The molecule has 0 bridgehead atoms. The summed E-state index contributed by atoms with van der Waals surface area (Å²) in [5.41, 5.74) is 9.76. The zero-order chi connectivity index (χ0) is 23.7. The first kappa shape index (κ1) is 22.1. The summed E-state index contributed by atoms with van der Waals surface area (Å²) in [6.07, 6.45) is -0.0608. The van der Waals surface area contributed by atoms with Crippen molar-refractivity contribution in [1.82, 2.24) is 0 Å². The second-order valence-corrected chi connectivity index (χ2v) is 9.09. The number of ketones is 4. The number of aromatic hydroxyl groups is 1.